The Labute approximate surface area is 234 Å². The number of amides is 2. The molecule has 1 unspecified atom stereocenters. The van der Waals surface area contributed by atoms with Gasteiger partial charge in [0.25, 0.3) is 11.8 Å². The maximum atomic E-state index is 13.0. The molecular weight excluding hydrogens is 535 g/mol. The highest BCUT2D eigenvalue weighted by atomic mass is 19.4. The minimum absolute atomic E-state index is 0.0161. The Morgan fingerprint density at radius 3 is 2.41 bits per heavy atom. The molecule has 41 heavy (non-hydrogen) atoms. The number of halogens is 3. The van der Waals surface area contributed by atoms with Gasteiger partial charge in [0.15, 0.2) is 0 Å². The number of likely N-dealkylation sites (N-methyl/N-ethyl adjacent to an activating group) is 1. The van der Waals surface area contributed by atoms with E-state index in [1.165, 1.54) is 17.2 Å². The van der Waals surface area contributed by atoms with E-state index < -0.39 is 35.6 Å². The second-order valence-electron chi connectivity index (χ2n) is 8.41. The van der Waals surface area contributed by atoms with Crippen molar-refractivity contribution in [3.63, 3.8) is 0 Å². The topological polar surface area (TPSA) is 137 Å². The van der Waals surface area contributed by atoms with E-state index in [0.29, 0.717) is 23.2 Å². The number of carbonyl (C=O) groups is 2. The van der Waals surface area contributed by atoms with E-state index in [1.54, 1.807) is 37.3 Å². The maximum absolute atomic E-state index is 13.0. The molecule has 12 heteroatoms. The van der Waals surface area contributed by atoms with Crippen molar-refractivity contribution in [1.82, 2.24) is 20.2 Å². The number of allylic oxidation sites excluding steroid dienone is 1. The molecule has 1 aliphatic rings. The van der Waals surface area contributed by atoms with Gasteiger partial charge in [-0.3, -0.25) is 14.5 Å². The van der Waals surface area contributed by atoms with Gasteiger partial charge >= 0.3 is 6.18 Å². The lowest BCUT2D eigenvalue weighted by Gasteiger charge is -2.34. The van der Waals surface area contributed by atoms with Crippen LogP contribution in [0, 0.1) is 11.3 Å². The number of benzene rings is 2. The summed E-state index contributed by atoms with van der Waals surface area (Å²) in [6.45, 7) is 1.97. The second-order valence-corrected chi connectivity index (χ2v) is 8.41. The van der Waals surface area contributed by atoms with Gasteiger partial charge in [-0.2, -0.15) is 18.4 Å². The van der Waals surface area contributed by atoms with Crippen molar-refractivity contribution < 1.29 is 22.8 Å². The van der Waals surface area contributed by atoms with Gasteiger partial charge in [-0.15, -0.1) is 0 Å². The first-order valence-corrected chi connectivity index (χ1v) is 12.4. The molecule has 3 N–H and O–H groups in total. The number of nitriles is 1. The van der Waals surface area contributed by atoms with Crippen LogP contribution in [0.1, 0.15) is 35.2 Å². The van der Waals surface area contributed by atoms with Gasteiger partial charge in [0.1, 0.15) is 17.6 Å². The number of nitrogens with two attached hydrogens (primary N) is 1. The molecule has 1 atom stereocenters. The van der Waals surface area contributed by atoms with Crippen molar-refractivity contribution in [2.45, 2.75) is 25.6 Å². The first kappa shape index (κ1) is 30.2. The first-order valence-electron chi connectivity index (χ1n) is 12.4. The molecule has 2 aromatic carbocycles. The average molecular weight is 562 g/mol. The van der Waals surface area contributed by atoms with Gasteiger partial charge in [-0.1, -0.05) is 48.5 Å². The fourth-order valence-electron chi connectivity index (χ4n) is 3.73. The number of nitrogens with one attached hydrogen (secondary N) is 1. The van der Waals surface area contributed by atoms with Gasteiger partial charge in [-0.05, 0) is 36.8 Å². The summed E-state index contributed by atoms with van der Waals surface area (Å²) in [5.41, 5.74) is 6.66. The van der Waals surface area contributed by atoms with E-state index in [2.05, 4.69) is 20.3 Å². The zero-order valence-corrected chi connectivity index (χ0v) is 21.9. The second kappa shape index (κ2) is 14.2. The Bertz CT molecular complexity index is 1480. The average Bonchev–Trinajstić information content (AvgIpc) is 2.98. The Balaban J connectivity index is 0.000000389. The van der Waals surface area contributed by atoms with Crippen molar-refractivity contribution in [3.05, 3.63) is 108 Å². The lowest BCUT2D eigenvalue weighted by atomic mass is 9.98. The lowest BCUT2D eigenvalue weighted by Crippen LogP contribution is -2.55. The van der Waals surface area contributed by atoms with Crippen LogP contribution in [0.15, 0.2) is 95.8 Å². The highest BCUT2D eigenvalue weighted by Gasteiger charge is 2.37. The largest absolute Gasteiger partial charge is 0.433 e. The van der Waals surface area contributed by atoms with Crippen LogP contribution in [-0.4, -0.2) is 45.1 Å². The first-order chi connectivity index (χ1) is 19.7. The standard InChI is InChI=1S/C20H19F3N6O2.C9H7N/c1-2-29-17(26-13-6-4-3-5-7-13)12(11-24)10-14(19(29)31)27-18(30)16-25-9-8-15(28-16)20(21,22)23;10-8-4-7-9-5-2-1-3-6-9/h3-9,11,14H,2,10,24H2,1H3,(H,27,30);1-7H/b12-11-,26-17?;7-4-. The third-order valence-electron chi connectivity index (χ3n) is 5.64. The van der Waals surface area contributed by atoms with E-state index in [9.17, 15) is 22.8 Å². The summed E-state index contributed by atoms with van der Waals surface area (Å²) in [5, 5.41) is 10.6. The molecule has 1 aromatic heterocycles. The van der Waals surface area contributed by atoms with Crippen molar-refractivity contribution >= 4 is 29.4 Å². The molecule has 0 radical (unpaired) electrons. The van der Waals surface area contributed by atoms with Crippen LogP contribution in [0.25, 0.3) is 6.08 Å². The summed E-state index contributed by atoms with van der Waals surface area (Å²) in [6, 6.07) is 20.2. The van der Waals surface area contributed by atoms with E-state index in [4.69, 9.17) is 11.0 Å². The summed E-state index contributed by atoms with van der Waals surface area (Å²) in [5.74, 6) is -1.81. The molecule has 9 nitrogen and oxygen atoms in total. The van der Waals surface area contributed by atoms with Crippen molar-refractivity contribution in [3.8, 4) is 6.07 Å². The zero-order chi connectivity index (χ0) is 29.8. The van der Waals surface area contributed by atoms with E-state index in [-0.39, 0.29) is 13.0 Å². The van der Waals surface area contributed by atoms with Crippen LogP contribution in [0.2, 0.25) is 0 Å². The molecule has 0 bridgehead atoms. The monoisotopic (exact) mass is 561 g/mol. The van der Waals surface area contributed by atoms with Crippen molar-refractivity contribution in [1.29, 1.82) is 5.26 Å². The minimum Gasteiger partial charge on any atom is -0.404 e. The normalized spacial score (nSPS) is 17.2. The molecule has 4 rings (SSSR count). The van der Waals surface area contributed by atoms with Gasteiger partial charge in [-0.25, -0.2) is 15.0 Å². The number of amidine groups is 1. The fourth-order valence-corrected chi connectivity index (χ4v) is 3.73. The predicted molar refractivity (Wildman–Crippen MR) is 147 cm³/mol. The fraction of sp³-hybridized carbons (Fsp3) is 0.172. The van der Waals surface area contributed by atoms with Gasteiger partial charge in [0.2, 0.25) is 5.82 Å². The summed E-state index contributed by atoms with van der Waals surface area (Å²) < 4.78 is 38.6. The number of likely N-dealkylation sites (tertiary alicyclic amines) is 1. The number of alkyl halides is 3. The van der Waals surface area contributed by atoms with E-state index in [0.717, 1.165) is 11.8 Å². The molecule has 3 aromatic rings. The van der Waals surface area contributed by atoms with Gasteiger partial charge in [0.05, 0.1) is 11.8 Å². The Hall–Kier alpha value is -5.31. The summed E-state index contributed by atoms with van der Waals surface area (Å²) in [4.78, 5) is 38.1. The molecule has 1 saturated heterocycles. The predicted octanol–water partition coefficient (Wildman–Crippen LogP) is 4.64. The zero-order valence-electron chi connectivity index (χ0n) is 21.9. The third-order valence-corrected chi connectivity index (χ3v) is 5.64. The Kier molecular flexibility index (Phi) is 10.5. The van der Waals surface area contributed by atoms with Crippen molar-refractivity contribution in [2.24, 2.45) is 10.7 Å². The number of aromatic nitrogens is 2. The third kappa shape index (κ3) is 8.34. The molecule has 2 heterocycles. The van der Waals surface area contributed by atoms with Crippen LogP contribution in [0.4, 0.5) is 18.9 Å². The lowest BCUT2D eigenvalue weighted by molar-refractivity contribution is -0.141. The summed E-state index contributed by atoms with van der Waals surface area (Å²) in [6.07, 6.45) is 0.659. The number of piperidine rings is 1. The van der Waals surface area contributed by atoms with E-state index in [1.807, 2.05) is 42.5 Å². The maximum Gasteiger partial charge on any atom is 0.433 e. The van der Waals surface area contributed by atoms with Gasteiger partial charge in [0, 0.05) is 37.0 Å². The number of hydrogen-bond acceptors (Lipinski definition) is 7. The molecule has 1 aliphatic heterocycles. The van der Waals surface area contributed by atoms with Gasteiger partial charge < -0.3 is 11.1 Å². The number of nitrogens with zero attached hydrogens (tertiary/aromatic N) is 5. The van der Waals surface area contributed by atoms with Crippen LogP contribution in [-0.2, 0) is 11.0 Å². The highest BCUT2D eigenvalue weighted by Crippen LogP contribution is 2.27. The Morgan fingerprint density at radius 1 is 1.17 bits per heavy atom. The molecule has 0 aliphatic carbocycles. The van der Waals surface area contributed by atoms with Crippen LogP contribution < -0.4 is 11.1 Å². The summed E-state index contributed by atoms with van der Waals surface area (Å²) in [7, 11) is 0. The van der Waals surface area contributed by atoms with Crippen molar-refractivity contribution in [2.75, 3.05) is 6.54 Å². The SMILES string of the molecule is CCN1C(=O)C(NC(=O)c2nccc(C(F)(F)F)n2)C/C(=C/N)C1=Nc1ccccc1.N#C/C=C\c1ccccc1. The molecule has 210 valence electrons. The molecule has 1 fully saturated rings. The highest BCUT2D eigenvalue weighted by molar-refractivity contribution is 6.13. The molecule has 0 spiro atoms. The number of rotatable bonds is 5. The minimum atomic E-state index is -4.73. The molecule has 0 saturated carbocycles. The molecular formula is C29H26F3N7O2. The van der Waals surface area contributed by atoms with E-state index >= 15 is 0 Å². The smallest absolute Gasteiger partial charge is 0.404 e. The number of para-hydroxylation sites is 1. The van der Waals surface area contributed by atoms with Crippen LogP contribution in [0.3, 0.4) is 0 Å². The molecule has 2 amide bonds. The summed E-state index contributed by atoms with van der Waals surface area (Å²) >= 11 is 0. The number of aliphatic imine (C=N–C) groups is 1. The Morgan fingerprint density at radius 2 is 1.83 bits per heavy atom. The number of hydrogen-bond donors (Lipinski definition) is 2. The quantitative estimate of drug-likeness (QED) is 0.436. The van der Waals surface area contributed by atoms with Crippen LogP contribution in [0.5, 0.6) is 0 Å². The number of carbonyl (C=O) groups excluding carboxylic acids is 2. The van der Waals surface area contributed by atoms with Crippen LogP contribution >= 0.6 is 0 Å².